The summed E-state index contributed by atoms with van der Waals surface area (Å²) in [4.78, 5) is 44.2. The van der Waals surface area contributed by atoms with Gasteiger partial charge in [-0.1, -0.05) is 6.92 Å². The lowest BCUT2D eigenvalue weighted by molar-refractivity contribution is -0.174. The number of carbonyl (C=O) groups excluding carboxylic acids is 1. The lowest BCUT2D eigenvalue weighted by Crippen LogP contribution is -2.50. The normalized spacial score (nSPS) is 14.7. The second kappa shape index (κ2) is 10.2. The highest BCUT2D eigenvalue weighted by Gasteiger charge is 2.46. The summed E-state index contributed by atoms with van der Waals surface area (Å²) in [5, 5.41) is 36.0. The zero-order chi connectivity index (χ0) is 18.0. The lowest BCUT2D eigenvalue weighted by Gasteiger charge is -2.21. The summed E-state index contributed by atoms with van der Waals surface area (Å²) < 4.78 is 4.84. The van der Waals surface area contributed by atoms with E-state index in [1.807, 2.05) is 6.92 Å². The van der Waals surface area contributed by atoms with E-state index < -0.39 is 48.4 Å². The van der Waals surface area contributed by atoms with E-state index in [1.165, 1.54) is 11.8 Å². The second-order valence-electron chi connectivity index (χ2n) is 4.70. The molecule has 0 rings (SSSR count). The molecule has 0 aromatic heterocycles. The highest BCUT2D eigenvalue weighted by Crippen LogP contribution is 2.15. The van der Waals surface area contributed by atoms with Gasteiger partial charge in [0, 0.05) is 0 Å². The fourth-order valence-electron chi connectivity index (χ4n) is 1.52. The first kappa shape index (κ1) is 21.4. The van der Waals surface area contributed by atoms with Crippen molar-refractivity contribution >= 4 is 35.5 Å². The van der Waals surface area contributed by atoms with Gasteiger partial charge in [0.1, 0.15) is 6.61 Å². The molecule has 0 spiro atoms. The zero-order valence-corrected chi connectivity index (χ0v) is 13.4. The molecule has 0 aromatic rings. The van der Waals surface area contributed by atoms with Gasteiger partial charge in [-0.2, -0.15) is 11.8 Å². The maximum atomic E-state index is 11.7. The van der Waals surface area contributed by atoms with Crippen LogP contribution in [-0.4, -0.2) is 73.9 Å². The number of ketones is 1. The maximum Gasteiger partial charge on any atom is 0.344 e. The van der Waals surface area contributed by atoms with E-state index in [0.29, 0.717) is 5.75 Å². The Bertz CT molecular complexity index is 451. The van der Waals surface area contributed by atoms with Crippen LogP contribution in [0.4, 0.5) is 0 Å². The van der Waals surface area contributed by atoms with Crippen molar-refractivity contribution in [2.75, 3.05) is 18.1 Å². The van der Waals surface area contributed by atoms with E-state index >= 15 is 0 Å². The number of carboxylic acid groups (broad SMARTS) is 3. The van der Waals surface area contributed by atoms with Crippen molar-refractivity contribution in [1.29, 1.82) is 0 Å². The average molecular weight is 352 g/mol. The quantitative estimate of drug-likeness (QED) is 0.259. The molecule has 0 aliphatic carbocycles. The lowest BCUT2D eigenvalue weighted by atomic mass is 9.95. The van der Waals surface area contributed by atoms with Gasteiger partial charge in [0.2, 0.25) is 11.4 Å². The van der Waals surface area contributed by atoms with E-state index in [2.05, 4.69) is 0 Å². The number of carbonyl (C=O) groups is 4. The molecule has 4 N–H and O–H groups in total. The minimum absolute atomic E-state index is 0.0950. The number of hydrogen-bond acceptors (Lipinski definition) is 7. The topological polar surface area (TPSA) is 158 Å². The third-order valence-electron chi connectivity index (χ3n) is 2.79. The van der Waals surface area contributed by atoms with Crippen molar-refractivity contribution in [3.8, 4) is 0 Å². The van der Waals surface area contributed by atoms with Crippen LogP contribution in [0, 0.1) is 0 Å². The smallest absolute Gasteiger partial charge is 0.344 e. The van der Waals surface area contributed by atoms with Crippen LogP contribution in [0.25, 0.3) is 0 Å². The maximum absolute atomic E-state index is 11.7. The average Bonchev–Trinajstić information content (AvgIpc) is 2.44. The first-order valence-corrected chi connectivity index (χ1v) is 7.93. The summed E-state index contributed by atoms with van der Waals surface area (Å²) in [6.45, 7) is 0.956. The predicted octanol–water partition coefficient (Wildman–Crippen LogP) is -0.151. The SMILES string of the molecule is CCCSCCC(OCC(=O)C(O)(CC(=O)O)C(=O)O)C(=O)O. The minimum Gasteiger partial charge on any atom is -0.481 e. The third kappa shape index (κ3) is 7.44. The molecule has 0 radical (unpaired) electrons. The van der Waals surface area contributed by atoms with Crippen LogP contribution in [0.15, 0.2) is 0 Å². The molecule has 0 saturated carbocycles. The van der Waals surface area contributed by atoms with Crippen LogP contribution in [0.3, 0.4) is 0 Å². The molecule has 0 aromatic carbocycles. The van der Waals surface area contributed by atoms with Crippen LogP contribution < -0.4 is 0 Å². The van der Waals surface area contributed by atoms with Crippen molar-refractivity contribution in [2.45, 2.75) is 37.9 Å². The van der Waals surface area contributed by atoms with Crippen molar-refractivity contribution in [1.82, 2.24) is 0 Å². The van der Waals surface area contributed by atoms with E-state index in [-0.39, 0.29) is 6.42 Å². The van der Waals surface area contributed by atoms with Gasteiger partial charge in [-0.3, -0.25) is 9.59 Å². The Labute approximate surface area is 136 Å². The standard InChI is InChI=1S/C13H20O9S/c1-2-4-23-5-3-8(11(17)18)22-7-9(14)13(21,12(19)20)6-10(15)16/h8,21H,2-7H2,1H3,(H,15,16)(H,17,18)(H,19,20). The molecule has 0 saturated heterocycles. The largest absolute Gasteiger partial charge is 0.481 e. The number of aliphatic carboxylic acids is 3. The van der Waals surface area contributed by atoms with Gasteiger partial charge in [0.25, 0.3) is 0 Å². The Kier molecular flexibility index (Phi) is 9.46. The first-order chi connectivity index (χ1) is 10.6. The van der Waals surface area contributed by atoms with Gasteiger partial charge in [-0.05, 0) is 24.3 Å². The van der Waals surface area contributed by atoms with Gasteiger partial charge in [-0.25, -0.2) is 9.59 Å². The van der Waals surface area contributed by atoms with Crippen LogP contribution in [0.1, 0.15) is 26.2 Å². The van der Waals surface area contributed by atoms with E-state index in [9.17, 15) is 24.3 Å². The molecule has 0 aliphatic rings. The monoisotopic (exact) mass is 352 g/mol. The summed E-state index contributed by atoms with van der Waals surface area (Å²) >= 11 is 1.50. The van der Waals surface area contributed by atoms with Gasteiger partial charge in [0.05, 0.1) is 6.42 Å². The summed E-state index contributed by atoms with van der Waals surface area (Å²) in [7, 11) is 0. The van der Waals surface area contributed by atoms with Crippen LogP contribution >= 0.6 is 11.8 Å². The molecule has 10 heteroatoms. The molecule has 2 unspecified atom stereocenters. The molecule has 0 amide bonds. The molecule has 132 valence electrons. The fourth-order valence-corrected chi connectivity index (χ4v) is 2.40. The van der Waals surface area contributed by atoms with E-state index in [4.69, 9.17) is 20.1 Å². The van der Waals surface area contributed by atoms with E-state index in [1.54, 1.807) is 0 Å². The highest BCUT2D eigenvalue weighted by molar-refractivity contribution is 7.99. The van der Waals surface area contributed by atoms with Gasteiger partial charge in [0.15, 0.2) is 6.10 Å². The molecule has 0 bridgehead atoms. The van der Waals surface area contributed by atoms with Gasteiger partial charge >= 0.3 is 17.9 Å². The molecule has 9 nitrogen and oxygen atoms in total. The molecule has 0 heterocycles. The summed E-state index contributed by atoms with van der Waals surface area (Å²) in [5.41, 5.74) is -3.15. The zero-order valence-electron chi connectivity index (χ0n) is 12.6. The molecule has 0 fully saturated rings. The van der Waals surface area contributed by atoms with Crippen molar-refractivity contribution in [3.05, 3.63) is 0 Å². The van der Waals surface area contributed by atoms with Crippen molar-refractivity contribution in [2.24, 2.45) is 0 Å². The summed E-state index contributed by atoms with van der Waals surface area (Å²) in [5.74, 6) is -5.15. The van der Waals surface area contributed by atoms with Crippen LogP contribution in [-0.2, 0) is 23.9 Å². The van der Waals surface area contributed by atoms with Gasteiger partial charge < -0.3 is 25.2 Å². The summed E-state index contributed by atoms with van der Waals surface area (Å²) in [6.07, 6.45) is -1.67. The Morgan fingerprint density at radius 2 is 1.74 bits per heavy atom. The molecular formula is C13H20O9S. The molecule has 0 aliphatic heterocycles. The van der Waals surface area contributed by atoms with Crippen molar-refractivity contribution < 1.29 is 44.3 Å². The van der Waals surface area contributed by atoms with Crippen LogP contribution in [0.2, 0.25) is 0 Å². The first-order valence-electron chi connectivity index (χ1n) is 6.78. The molecular weight excluding hydrogens is 332 g/mol. The Hall–Kier alpha value is -1.65. The Balaban J connectivity index is 4.68. The summed E-state index contributed by atoms with van der Waals surface area (Å²) in [6, 6.07) is 0. The second-order valence-corrected chi connectivity index (χ2v) is 5.92. The van der Waals surface area contributed by atoms with Crippen molar-refractivity contribution in [3.63, 3.8) is 0 Å². The number of aliphatic hydroxyl groups is 1. The minimum atomic E-state index is -3.15. The Morgan fingerprint density at radius 3 is 2.17 bits per heavy atom. The number of hydrogen-bond donors (Lipinski definition) is 4. The number of rotatable bonds is 13. The molecule has 23 heavy (non-hydrogen) atoms. The number of ether oxygens (including phenoxy) is 1. The van der Waals surface area contributed by atoms with E-state index in [0.717, 1.165) is 12.2 Å². The van der Waals surface area contributed by atoms with Gasteiger partial charge in [-0.15, -0.1) is 0 Å². The molecule has 2 atom stereocenters. The number of carboxylic acids is 3. The highest BCUT2D eigenvalue weighted by atomic mass is 32.2. The predicted molar refractivity (Wildman–Crippen MR) is 79.5 cm³/mol. The van der Waals surface area contributed by atoms with Crippen LogP contribution in [0.5, 0.6) is 0 Å². The Morgan fingerprint density at radius 1 is 1.13 bits per heavy atom. The number of Topliss-reactive ketones (excluding diaryl/α,β-unsaturated/α-hetero) is 1. The third-order valence-corrected chi connectivity index (χ3v) is 4.01. The fraction of sp³-hybridized carbons (Fsp3) is 0.692. The number of thioether (sulfide) groups is 1.